The first kappa shape index (κ1) is 14.2. The van der Waals surface area contributed by atoms with Crippen LogP contribution in [0.4, 0.5) is 0 Å². The van der Waals surface area contributed by atoms with Crippen molar-refractivity contribution < 1.29 is 9.47 Å². The third-order valence-electron chi connectivity index (χ3n) is 3.50. The minimum absolute atomic E-state index is 0.609. The zero-order valence-corrected chi connectivity index (χ0v) is 12.9. The van der Waals surface area contributed by atoms with E-state index in [1.54, 1.807) is 6.20 Å². The van der Waals surface area contributed by atoms with Gasteiger partial charge >= 0.3 is 0 Å². The molecule has 0 bridgehead atoms. The van der Waals surface area contributed by atoms with Gasteiger partial charge in [0, 0.05) is 13.6 Å². The fourth-order valence-corrected chi connectivity index (χ4v) is 2.51. The fraction of sp³-hybridized carbons (Fsp3) is 0.400. The summed E-state index contributed by atoms with van der Waals surface area (Å²) in [5.74, 6) is 2.59. The molecule has 1 aromatic heterocycles. The Labute approximate surface area is 129 Å². The molecule has 1 aliphatic rings. The Hall–Kier alpha value is -1.72. The van der Waals surface area contributed by atoms with E-state index in [1.165, 1.54) is 5.56 Å². The highest BCUT2D eigenvalue weighted by Gasteiger charge is 2.13. The molecule has 1 aromatic carbocycles. The second-order valence-electron chi connectivity index (χ2n) is 5.21. The summed E-state index contributed by atoms with van der Waals surface area (Å²) < 4.78 is 13.0. The van der Waals surface area contributed by atoms with Crippen LogP contribution < -0.4 is 9.47 Å². The molecule has 0 saturated heterocycles. The van der Waals surface area contributed by atoms with Gasteiger partial charge in [-0.2, -0.15) is 0 Å². The van der Waals surface area contributed by atoms with Crippen molar-refractivity contribution in [3.8, 4) is 11.5 Å². The van der Waals surface area contributed by atoms with E-state index in [-0.39, 0.29) is 0 Å². The summed E-state index contributed by atoms with van der Waals surface area (Å²) in [6.45, 7) is 2.77. The van der Waals surface area contributed by atoms with Crippen LogP contribution in [0.2, 0.25) is 5.15 Å². The molecule has 0 saturated carbocycles. The number of hydrogen-bond acceptors (Lipinski definition) is 4. The maximum atomic E-state index is 6.00. The third kappa shape index (κ3) is 3.14. The smallest absolute Gasteiger partial charge is 0.161 e. The topological polar surface area (TPSA) is 39.5 Å². The molecule has 112 valence electrons. The molecule has 6 heteroatoms. The van der Waals surface area contributed by atoms with Crippen molar-refractivity contribution in [2.45, 2.75) is 13.1 Å². The van der Waals surface area contributed by atoms with Crippen molar-refractivity contribution in [2.24, 2.45) is 7.05 Å². The lowest BCUT2D eigenvalue weighted by atomic mass is 10.2. The lowest BCUT2D eigenvalue weighted by molar-refractivity contribution is 0.171. The molecule has 0 N–H and O–H groups in total. The number of fused-ring (bicyclic) bond motifs is 1. The highest BCUT2D eigenvalue weighted by molar-refractivity contribution is 6.29. The Morgan fingerprint density at radius 2 is 2.00 bits per heavy atom. The van der Waals surface area contributed by atoms with E-state index in [1.807, 2.05) is 23.7 Å². The van der Waals surface area contributed by atoms with Gasteiger partial charge in [0.2, 0.25) is 0 Å². The monoisotopic (exact) mass is 307 g/mol. The van der Waals surface area contributed by atoms with E-state index in [0.29, 0.717) is 18.4 Å². The first-order chi connectivity index (χ1) is 10.1. The van der Waals surface area contributed by atoms with E-state index in [4.69, 9.17) is 21.1 Å². The van der Waals surface area contributed by atoms with Gasteiger partial charge in [-0.15, -0.1) is 0 Å². The van der Waals surface area contributed by atoms with Crippen LogP contribution in [0.1, 0.15) is 11.4 Å². The van der Waals surface area contributed by atoms with Crippen LogP contribution in [0.5, 0.6) is 11.5 Å². The molecule has 0 radical (unpaired) electrons. The van der Waals surface area contributed by atoms with Crippen LogP contribution in [0, 0.1) is 0 Å². The molecule has 2 heterocycles. The van der Waals surface area contributed by atoms with Crippen molar-refractivity contribution in [3.05, 3.63) is 40.9 Å². The van der Waals surface area contributed by atoms with Crippen molar-refractivity contribution in [1.29, 1.82) is 0 Å². The molecule has 21 heavy (non-hydrogen) atoms. The van der Waals surface area contributed by atoms with Crippen LogP contribution in [-0.2, 0) is 20.1 Å². The fourth-order valence-electron chi connectivity index (χ4n) is 2.37. The summed E-state index contributed by atoms with van der Waals surface area (Å²) in [5, 5.41) is 0.651. The van der Waals surface area contributed by atoms with Gasteiger partial charge in [0.25, 0.3) is 0 Å². The summed E-state index contributed by atoms with van der Waals surface area (Å²) in [4.78, 5) is 6.50. The van der Waals surface area contributed by atoms with Crippen molar-refractivity contribution in [3.63, 3.8) is 0 Å². The van der Waals surface area contributed by atoms with Gasteiger partial charge in [-0.1, -0.05) is 17.7 Å². The second-order valence-corrected chi connectivity index (χ2v) is 5.59. The minimum atomic E-state index is 0.609. The number of hydrogen-bond donors (Lipinski definition) is 0. The van der Waals surface area contributed by atoms with Crippen LogP contribution in [0.25, 0.3) is 0 Å². The largest absolute Gasteiger partial charge is 0.486 e. The molecular formula is C15H18ClN3O2. The summed E-state index contributed by atoms with van der Waals surface area (Å²) in [7, 11) is 3.97. The molecule has 0 spiro atoms. The van der Waals surface area contributed by atoms with Gasteiger partial charge in [-0.25, -0.2) is 4.98 Å². The van der Waals surface area contributed by atoms with Gasteiger partial charge < -0.3 is 14.0 Å². The maximum absolute atomic E-state index is 6.00. The van der Waals surface area contributed by atoms with Gasteiger partial charge in [0.15, 0.2) is 11.5 Å². The molecule has 0 fully saturated rings. The van der Waals surface area contributed by atoms with E-state index in [2.05, 4.69) is 23.0 Å². The van der Waals surface area contributed by atoms with Gasteiger partial charge in [0.1, 0.15) is 24.2 Å². The number of benzene rings is 1. The summed E-state index contributed by atoms with van der Waals surface area (Å²) in [5.41, 5.74) is 1.18. The van der Waals surface area contributed by atoms with Crippen molar-refractivity contribution >= 4 is 11.6 Å². The molecule has 3 rings (SSSR count). The number of aromatic nitrogens is 2. The lowest BCUT2D eigenvalue weighted by Gasteiger charge is -2.21. The summed E-state index contributed by atoms with van der Waals surface area (Å²) in [6.07, 6.45) is 1.68. The zero-order valence-electron chi connectivity index (χ0n) is 12.2. The minimum Gasteiger partial charge on any atom is -0.486 e. The van der Waals surface area contributed by atoms with Crippen molar-refractivity contribution in [1.82, 2.24) is 14.5 Å². The Bertz CT molecular complexity index is 642. The van der Waals surface area contributed by atoms with Gasteiger partial charge in [-0.3, -0.25) is 4.90 Å². The van der Waals surface area contributed by atoms with E-state index >= 15 is 0 Å². The predicted octanol–water partition coefficient (Wildman–Crippen LogP) is 2.48. The molecule has 5 nitrogen and oxygen atoms in total. The van der Waals surface area contributed by atoms with Crippen molar-refractivity contribution in [2.75, 3.05) is 20.3 Å². The summed E-state index contributed by atoms with van der Waals surface area (Å²) >= 11 is 6.00. The molecule has 1 aliphatic heterocycles. The van der Waals surface area contributed by atoms with Crippen LogP contribution in [0.15, 0.2) is 24.4 Å². The Balaban J connectivity index is 1.67. The van der Waals surface area contributed by atoms with Crippen LogP contribution >= 0.6 is 11.6 Å². The summed E-state index contributed by atoms with van der Waals surface area (Å²) in [6, 6.07) is 6.07. The number of nitrogens with zero attached hydrogens (tertiary/aromatic N) is 3. The Morgan fingerprint density at radius 1 is 1.24 bits per heavy atom. The van der Waals surface area contributed by atoms with Crippen LogP contribution in [-0.4, -0.2) is 34.7 Å². The Morgan fingerprint density at radius 3 is 2.71 bits per heavy atom. The molecular weight excluding hydrogens is 290 g/mol. The van der Waals surface area contributed by atoms with Gasteiger partial charge in [0.05, 0.1) is 12.7 Å². The number of imidazole rings is 1. The second kappa shape index (κ2) is 5.95. The standard InChI is InChI=1S/C15H18ClN3O2/c1-18(10-15-17-8-14(16)19(15)2)9-11-3-4-12-13(7-11)21-6-5-20-12/h3-4,7-8H,5-6,9-10H2,1-2H3. The molecule has 0 amide bonds. The average molecular weight is 308 g/mol. The SMILES string of the molecule is CN(Cc1ccc2c(c1)OCCO2)Cc1ncc(Cl)n1C. The van der Waals surface area contributed by atoms with E-state index in [9.17, 15) is 0 Å². The van der Waals surface area contributed by atoms with E-state index < -0.39 is 0 Å². The van der Waals surface area contributed by atoms with E-state index in [0.717, 1.165) is 30.4 Å². The molecule has 0 atom stereocenters. The normalized spacial score (nSPS) is 13.7. The first-order valence-corrected chi connectivity index (χ1v) is 7.24. The lowest BCUT2D eigenvalue weighted by Crippen LogP contribution is -2.20. The molecule has 0 aliphatic carbocycles. The maximum Gasteiger partial charge on any atom is 0.161 e. The number of rotatable bonds is 4. The predicted molar refractivity (Wildman–Crippen MR) is 80.8 cm³/mol. The Kier molecular flexibility index (Phi) is 4.03. The van der Waals surface area contributed by atoms with Gasteiger partial charge in [-0.05, 0) is 24.7 Å². The number of ether oxygens (including phenoxy) is 2. The van der Waals surface area contributed by atoms with Crippen LogP contribution in [0.3, 0.4) is 0 Å². The highest BCUT2D eigenvalue weighted by atomic mass is 35.5. The molecule has 2 aromatic rings. The highest BCUT2D eigenvalue weighted by Crippen LogP contribution is 2.31. The zero-order chi connectivity index (χ0) is 14.8. The first-order valence-electron chi connectivity index (χ1n) is 6.86. The number of halogens is 1. The average Bonchev–Trinajstić information content (AvgIpc) is 2.79. The molecule has 0 unspecified atom stereocenters. The quantitative estimate of drug-likeness (QED) is 0.870. The third-order valence-corrected chi connectivity index (χ3v) is 3.85.